The van der Waals surface area contributed by atoms with E-state index in [1.807, 2.05) is 6.92 Å². The van der Waals surface area contributed by atoms with Crippen molar-refractivity contribution in [1.82, 2.24) is 5.32 Å². The van der Waals surface area contributed by atoms with Crippen LogP contribution in [0.25, 0.3) is 0 Å². The fraction of sp³-hybridized carbons (Fsp3) is 0.400. The van der Waals surface area contributed by atoms with Gasteiger partial charge in [0.25, 0.3) is 0 Å². The zero-order valence-corrected chi connectivity index (χ0v) is 14.4. The Bertz CT molecular complexity index is 686. The van der Waals surface area contributed by atoms with Crippen LogP contribution in [0.3, 0.4) is 0 Å². The Morgan fingerprint density at radius 2 is 1.87 bits per heavy atom. The fourth-order valence-corrected chi connectivity index (χ4v) is 3.57. The molecule has 0 aromatic heterocycles. The lowest BCUT2D eigenvalue weighted by Gasteiger charge is -2.28. The summed E-state index contributed by atoms with van der Waals surface area (Å²) in [6.45, 7) is 7.93. The van der Waals surface area contributed by atoms with Gasteiger partial charge in [0.05, 0.1) is 19.8 Å². The summed E-state index contributed by atoms with van der Waals surface area (Å²) in [5.41, 5.74) is 6.39. The number of aryl methyl sites for hydroxylation is 2. The number of ether oxygens (including phenoxy) is 2. The summed E-state index contributed by atoms with van der Waals surface area (Å²) in [6, 6.07) is 11.2. The van der Waals surface area contributed by atoms with Crippen molar-refractivity contribution >= 4 is 0 Å². The highest BCUT2D eigenvalue weighted by Crippen LogP contribution is 2.34. The summed E-state index contributed by atoms with van der Waals surface area (Å²) in [7, 11) is 1.73. The number of hydrogen-bond donors (Lipinski definition) is 1. The number of hydrogen-bond acceptors (Lipinski definition) is 3. The van der Waals surface area contributed by atoms with Crippen LogP contribution in [0.5, 0.6) is 11.5 Å². The van der Waals surface area contributed by atoms with Crippen LogP contribution in [0.15, 0.2) is 30.3 Å². The van der Waals surface area contributed by atoms with E-state index in [1.54, 1.807) is 7.11 Å². The van der Waals surface area contributed by atoms with Crippen LogP contribution in [0.1, 0.15) is 40.8 Å². The molecule has 0 amide bonds. The van der Waals surface area contributed by atoms with Gasteiger partial charge in [0.15, 0.2) is 0 Å². The third kappa shape index (κ3) is 3.06. The first-order chi connectivity index (χ1) is 11.1. The van der Waals surface area contributed by atoms with Gasteiger partial charge in [-0.05, 0) is 67.1 Å². The predicted octanol–water partition coefficient (Wildman–Crippen LogP) is 3.95. The molecule has 122 valence electrons. The Labute approximate surface area is 138 Å². The summed E-state index contributed by atoms with van der Waals surface area (Å²) >= 11 is 0. The van der Waals surface area contributed by atoms with Gasteiger partial charge in [-0.15, -0.1) is 0 Å². The zero-order valence-electron chi connectivity index (χ0n) is 14.4. The van der Waals surface area contributed by atoms with Crippen molar-refractivity contribution in [2.45, 2.75) is 33.2 Å². The quantitative estimate of drug-likeness (QED) is 0.927. The van der Waals surface area contributed by atoms with Crippen LogP contribution in [-0.2, 0) is 6.42 Å². The zero-order chi connectivity index (χ0) is 16.4. The van der Waals surface area contributed by atoms with Gasteiger partial charge in [-0.1, -0.05) is 18.2 Å². The van der Waals surface area contributed by atoms with Crippen molar-refractivity contribution in [3.05, 3.63) is 58.1 Å². The van der Waals surface area contributed by atoms with Crippen molar-refractivity contribution in [1.29, 1.82) is 0 Å². The summed E-state index contributed by atoms with van der Waals surface area (Å²) in [5.74, 6) is 1.95. The molecule has 1 aliphatic rings. The highest BCUT2D eigenvalue weighted by molar-refractivity contribution is 5.49. The first kappa shape index (κ1) is 15.9. The highest BCUT2D eigenvalue weighted by atomic mass is 16.5. The lowest BCUT2D eigenvalue weighted by Crippen LogP contribution is -2.30. The molecule has 0 radical (unpaired) electrons. The predicted molar refractivity (Wildman–Crippen MR) is 93.6 cm³/mol. The summed E-state index contributed by atoms with van der Waals surface area (Å²) in [6.07, 6.45) is 1.04. The second-order valence-corrected chi connectivity index (χ2v) is 6.12. The highest BCUT2D eigenvalue weighted by Gasteiger charge is 2.23. The van der Waals surface area contributed by atoms with Crippen LogP contribution in [0.4, 0.5) is 0 Å². The number of rotatable bonds is 4. The number of nitrogens with one attached hydrogen (secondary N) is 1. The van der Waals surface area contributed by atoms with Crippen LogP contribution >= 0.6 is 0 Å². The monoisotopic (exact) mass is 311 g/mol. The molecule has 0 saturated heterocycles. The van der Waals surface area contributed by atoms with Crippen molar-refractivity contribution in [2.24, 2.45) is 0 Å². The van der Waals surface area contributed by atoms with Gasteiger partial charge < -0.3 is 14.8 Å². The third-order valence-corrected chi connectivity index (χ3v) is 4.50. The Kier molecular flexibility index (Phi) is 4.58. The minimum absolute atomic E-state index is 0.234. The molecule has 0 aliphatic carbocycles. The molecule has 0 spiro atoms. The minimum Gasteiger partial charge on any atom is -0.496 e. The number of fused-ring (bicyclic) bond motifs is 1. The van der Waals surface area contributed by atoms with Crippen molar-refractivity contribution < 1.29 is 9.47 Å². The topological polar surface area (TPSA) is 30.5 Å². The van der Waals surface area contributed by atoms with Crippen LogP contribution in [-0.4, -0.2) is 20.3 Å². The molecule has 1 unspecified atom stereocenters. The SMILES string of the molecule is CCOc1ccc2c(c1)CCNC2c1cc(C)c(OC)c(C)c1. The van der Waals surface area contributed by atoms with E-state index in [2.05, 4.69) is 49.5 Å². The van der Waals surface area contributed by atoms with E-state index in [1.165, 1.54) is 27.8 Å². The maximum absolute atomic E-state index is 5.64. The molecular formula is C20H25NO2. The van der Waals surface area contributed by atoms with Gasteiger partial charge in [-0.2, -0.15) is 0 Å². The number of methoxy groups -OCH3 is 1. The standard InChI is InChI=1S/C20H25NO2/c1-5-23-17-6-7-18-15(12-17)8-9-21-19(18)16-10-13(2)20(22-4)14(3)11-16/h6-7,10-12,19,21H,5,8-9H2,1-4H3. The molecule has 3 heteroatoms. The van der Waals surface area contributed by atoms with E-state index in [0.29, 0.717) is 6.61 Å². The Hall–Kier alpha value is -2.00. The van der Waals surface area contributed by atoms with Crippen LogP contribution in [0.2, 0.25) is 0 Å². The summed E-state index contributed by atoms with van der Waals surface area (Å²) in [5, 5.41) is 3.65. The van der Waals surface area contributed by atoms with E-state index in [0.717, 1.165) is 24.5 Å². The Morgan fingerprint density at radius 1 is 1.13 bits per heavy atom. The molecule has 1 atom stereocenters. The summed E-state index contributed by atoms with van der Waals surface area (Å²) in [4.78, 5) is 0. The molecule has 3 rings (SSSR count). The first-order valence-corrected chi connectivity index (χ1v) is 8.28. The van der Waals surface area contributed by atoms with Gasteiger partial charge in [-0.3, -0.25) is 0 Å². The third-order valence-electron chi connectivity index (χ3n) is 4.50. The van der Waals surface area contributed by atoms with Crippen molar-refractivity contribution in [2.75, 3.05) is 20.3 Å². The summed E-state index contributed by atoms with van der Waals surface area (Å²) < 4.78 is 11.1. The average Bonchev–Trinajstić information content (AvgIpc) is 2.54. The van der Waals surface area contributed by atoms with Crippen molar-refractivity contribution in [3.8, 4) is 11.5 Å². The van der Waals surface area contributed by atoms with Gasteiger partial charge in [0, 0.05) is 6.54 Å². The molecule has 1 N–H and O–H groups in total. The van der Waals surface area contributed by atoms with E-state index in [9.17, 15) is 0 Å². The van der Waals surface area contributed by atoms with E-state index >= 15 is 0 Å². The molecule has 1 aliphatic heterocycles. The molecule has 0 fully saturated rings. The van der Waals surface area contributed by atoms with E-state index < -0.39 is 0 Å². The van der Waals surface area contributed by atoms with Gasteiger partial charge in [0.1, 0.15) is 11.5 Å². The Balaban J connectivity index is 2.00. The maximum Gasteiger partial charge on any atom is 0.124 e. The fourth-order valence-electron chi connectivity index (χ4n) is 3.57. The van der Waals surface area contributed by atoms with Crippen molar-refractivity contribution in [3.63, 3.8) is 0 Å². The van der Waals surface area contributed by atoms with Gasteiger partial charge in [0.2, 0.25) is 0 Å². The smallest absolute Gasteiger partial charge is 0.124 e. The van der Waals surface area contributed by atoms with E-state index in [-0.39, 0.29) is 6.04 Å². The maximum atomic E-state index is 5.64. The second kappa shape index (κ2) is 6.63. The normalized spacial score (nSPS) is 16.8. The molecule has 3 nitrogen and oxygen atoms in total. The molecule has 23 heavy (non-hydrogen) atoms. The molecule has 0 bridgehead atoms. The first-order valence-electron chi connectivity index (χ1n) is 8.28. The van der Waals surface area contributed by atoms with Crippen LogP contribution in [0, 0.1) is 13.8 Å². The van der Waals surface area contributed by atoms with Crippen LogP contribution < -0.4 is 14.8 Å². The van der Waals surface area contributed by atoms with Gasteiger partial charge in [-0.25, -0.2) is 0 Å². The molecule has 2 aromatic carbocycles. The minimum atomic E-state index is 0.234. The van der Waals surface area contributed by atoms with E-state index in [4.69, 9.17) is 9.47 Å². The molecule has 2 aromatic rings. The molecule has 0 saturated carbocycles. The molecular weight excluding hydrogens is 286 g/mol. The second-order valence-electron chi connectivity index (χ2n) is 6.12. The lowest BCUT2D eigenvalue weighted by atomic mass is 9.88. The molecule has 1 heterocycles. The Morgan fingerprint density at radius 3 is 2.52 bits per heavy atom. The number of benzene rings is 2. The largest absolute Gasteiger partial charge is 0.496 e. The van der Waals surface area contributed by atoms with Gasteiger partial charge >= 0.3 is 0 Å². The average molecular weight is 311 g/mol. The lowest BCUT2D eigenvalue weighted by molar-refractivity contribution is 0.339.